The number of rotatable bonds is 3. The van der Waals surface area contributed by atoms with Crippen LogP contribution in [0.2, 0.25) is 4.47 Å². The molecule has 1 aromatic rings. The van der Waals surface area contributed by atoms with Gasteiger partial charge in [0.2, 0.25) is 0 Å². The third-order valence-corrected chi connectivity index (χ3v) is 6.56. The van der Waals surface area contributed by atoms with Gasteiger partial charge in [0.05, 0.1) is 11.8 Å². The Kier molecular flexibility index (Phi) is 3.99. The second-order valence-corrected chi connectivity index (χ2v) is 8.31. The van der Waals surface area contributed by atoms with Crippen molar-refractivity contribution in [3.05, 3.63) is 10.7 Å². The fraction of sp³-hybridized carbons (Fsp3) is 0.700. The highest BCUT2D eigenvalue weighted by atomic mass is 35.5. The first-order valence-corrected chi connectivity index (χ1v) is 8.17. The van der Waals surface area contributed by atoms with E-state index >= 15 is 0 Å². The van der Waals surface area contributed by atoms with Gasteiger partial charge in [-0.1, -0.05) is 22.9 Å². The lowest BCUT2D eigenvalue weighted by Crippen LogP contribution is -2.49. The smallest absolute Gasteiger partial charge is 0.254 e. The summed E-state index contributed by atoms with van der Waals surface area (Å²) in [6, 6.07) is 0. The molecule has 1 saturated heterocycles. The minimum atomic E-state index is -3.50. The lowest BCUT2D eigenvalue weighted by Gasteiger charge is -2.38. The van der Waals surface area contributed by atoms with Crippen molar-refractivity contribution in [2.75, 3.05) is 20.2 Å². The Balaban J connectivity index is 2.25. The number of methoxy groups -OCH3 is 1. The van der Waals surface area contributed by atoms with Crippen molar-refractivity contribution in [1.82, 2.24) is 9.29 Å². The van der Waals surface area contributed by atoms with Crippen molar-refractivity contribution < 1.29 is 13.2 Å². The molecule has 2 heterocycles. The highest BCUT2D eigenvalue weighted by molar-refractivity contribution is 7.91. The van der Waals surface area contributed by atoms with Crippen LogP contribution in [0, 0.1) is 0 Å². The van der Waals surface area contributed by atoms with Crippen LogP contribution in [0.1, 0.15) is 19.8 Å². The van der Waals surface area contributed by atoms with Crippen LogP contribution in [0.25, 0.3) is 0 Å². The lowest BCUT2D eigenvalue weighted by atomic mass is 9.96. The molecular formula is C10H15ClN2O3S2. The monoisotopic (exact) mass is 310 g/mol. The molecule has 0 bridgehead atoms. The van der Waals surface area contributed by atoms with Gasteiger partial charge in [-0.05, 0) is 19.8 Å². The van der Waals surface area contributed by atoms with Gasteiger partial charge in [-0.15, -0.1) is 0 Å². The van der Waals surface area contributed by atoms with E-state index in [-0.39, 0.29) is 8.68 Å². The molecule has 1 aliphatic rings. The second-order valence-electron chi connectivity index (χ2n) is 4.53. The summed E-state index contributed by atoms with van der Waals surface area (Å²) in [5, 5.41) is 0. The number of thiazole rings is 1. The number of halogens is 1. The molecule has 1 aromatic heterocycles. The summed E-state index contributed by atoms with van der Waals surface area (Å²) in [7, 11) is -1.89. The predicted octanol–water partition coefficient (Wildman–Crippen LogP) is 1.99. The average Bonchev–Trinajstić information content (AvgIpc) is 2.77. The van der Waals surface area contributed by atoms with Crippen LogP contribution in [-0.4, -0.2) is 43.5 Å². The molecule has 0 aliphatic carbocycles. The standard InChI is InChI=1S/C10H15ClN2O3S2/c1-10(16-2)4-3-5-13(7-10)18(14,15)8-6-12-9(11)17-8/h6H,3-5,7H2,1-2H3. The van der Waals surface area contributed by atoms with Gasteiger partial charge in [0.1, 0.15) is 0 Å². The Hall–Kier alpha value is -0.210. The summed E-state index contributed by atoms with van der Waals surface area (Å²) >= 11 is 6.67. The molecule has 0 N–H and O–H groups in total. The van der Waals surface area contributed by atoms with Crippen molar-refractivity contribution in [1.29, 1.82) is 0 Å². The third kappa shape index (κ3) is 2.70. The molecule has 1 atom stereocenters. The normalized spacial score (nSPS) is 26.4. The molecule has 5 nitrogen and oxygen atoms in total. The van der Waals surface area contributed by atoms with E-state index in [2.05, 4.69) is 4.98 Å². The van der Waals surface area contributed by atoms with E-state index in [9.17, 15) is 8.42 Å². The summed E-state index contributed by atoms with van der Waals surface area (Å²) < 4.78 is 32.0. The molecule has 0 aromatic carbocycles. The number of nitrogens with zero attached hydrogens (tertiary/aromatic N) is 2. The minimum absolute atomic E-state index is 0.188. The van der Waals surface area contributed by atoms with Crippen molar-refractivity contribution >= 4 is 33.0 Å². The summed E-state index contributed by atoms with van der Waals surface area (Å²) in [6.07, 6.45) is 2.95. The molecule has 8 heteroatoms. The Morgan fingerprint density at radius 1 is 1.61 bits per heavy atom. The second kappa shape index (κ2) is 5.05. The maximum Gasteiger partial charge on any atom is 0.254 e. The van der Waals surface area contributed by atoms with Crippen LogP contribution in [0.3, 0.4) is 0 Å². The Morgan fingerprint density at radius 2 is 2.33 bits per heavy atom. The molecule has 0 radical (unpaired) electrons. The summed E-state index contributed by atoms with van der Waals surface area (Å²) in [6.45, 7) is 2.80. The Bertz CT molecular complexity index is 531. The van der Waals surface area contributed by atoms with Crippen LogP contribution in [0.5, 0.6) is 0 Å². The van der Waals surface area contributed by atoms with E-state index in [1.165, 1.54) is 10.5 Å². The van der Waals surface area contributed by atoms with Crippen LogP contribution < -0.4 is 0 Å². The number of ether oxygens (including phenoxy) is 1. The van der Waals surface area contributed by atoms with E-state index in [1.807, 2.05) is 6.92 Å². The van der Waals surface area contributed by atoms with Gasteiger partial charge in [0.25, 0.3) is 10.0 Å². The van der Waals surface area contributed by atoms with Crippen molar-refractivity contribution in [2.24, 2.45) is 0 Å². The number of hydrogen-bond acceptors (Lipinski definition) is 5. The van der Waals surface area contributed by atoms with Crippen molar-refractivity contribution in [3.8, 4) is 0 Å². The molecule has 1 aliphatic heterocycles. The average molecular weight is 311 g/mol. The van der Waals surface area contributed by atoms with Crippen molar-refractivity contribution in [3.63, 3.8) is 0 Å². The van der Waals surface area contributed by atoms with Gasteiger partial charge in [-0.3, -0.25) is 0 Å². The highest BCUT2D eigenvalue weighted by Gasteiger charge is 2.37. The number of aromatic nitrogens is 1. The number of hydrogen-bond donors (Lipinski definition) is 0. The molecule has 18 heavy (non-hydrogen) atoms. The maximum atomic E-state index is 12.4. The third-order valence-electron chi connectivity index (χ3n) is 3.17. The number of piperidine rings is 1. The first kappa shape index (κ1) is 14.2. The van der Waals surface area contributed by atoms with Gasteiger partial charge in [-0.25, -0.2) is 13.4 Å². The van der Waals surface area contributed by atoms with Crippen LogP contribution >= 0.6 is 22.9 Å². The quantitative estimate of drug-likeness (QED) is 0.856. The van der Waals surface area contributed by atoms with Gasteiger partial charge < -0.3 is 4.74 Å². The zero-order valence-corrected chi connectivity index (χ0v) is 12.6. The SMILES string of the molecule is COC1(C)CCCN(S(=O)(=O)c2cnc(Cl)s2)C1. The summed E-state index contributed by atoms with van der Waals surface area (Å²) in [5.41, 5.74) is -0.417. The van der Waals surface area contributed by atoms with Crippen molar-refractivity contribution in [2.45, 2.75) is 29.6 Å². The maximum absolute atomic E-state index is 12.4. The van der Waals surface area contributed by atoms with Crippen LogP contribution in [0.15, 0.2) is 10.4 Å². The zero-order valence-electron chi connectivity index (χ0n) is 10.2. The van der Waals surface area contributed by atoms with Gasteiger partial charge >= 0.3 is 0 Å². The van der Waals surface area contributed by atoms with Gasteiger partial charge in [0.15, 0.2) is 8.68 Å². The van der Waals surface area contributed by atoms with Gasteiger partial charge in [0, 0.05) is 20.2 Å². The van der Waals surface area contributed by atoms with Gasteiger partial charge in [-0.2, -0.15) is 4.31 Å². The van der Waals surface area contributed by atoms with E-state index in [0.717, 1.165) is 24.2 Å². The largest absolute Gasteiger partial charge is 0.377 e. The summed E-state index contributed by atoms with van der Waals surface area (Å²) in [4.78, 5) is 3.78. The molecular weight excluding hydrogens is 296 g/mol. The molecule has 1 unspecified atom stereocenters. The van der Waals surface area contributed by atoms with E-state index in [1.54, 1.807) is 7.11 Å². The highest BCUT2D eigenvalue weighted by Crippen LogP contribution is 2.31. The Labute approximate surface area is 116 Å². The first-order chi connectivity index (χ1) is 8.37. The molecule has 1 fully saturated rings. The Morgan fingerprint density at radius 3 is 2.89 bits per heavy atom. The van der Waals surface area contributed by atoms with E-state index in [4.69, 9.17) is 16.3 Å². The fourth-order valence-electron chi connectivity index (χ4n) is 2.02. The zero-order chi connectivity index (χ0) is 13.4. The van der Waals surface area contributed by atoms with Crippen LogP contribution in [-0.2, 0) is 14.8 Å². The van der Waals surface area contributed by atoms with Crippen LogP contribution in [0.4, 0.5) is 0 Å². The summed E-state index contributed by atoms with van der Waals surface area (Å²) in [5.74, 6) is 0. The predicted molar refractivity (Wildman–Crippen MR) is 70.5 cm³/mol. The van der Waals surface area contributed by atoms with E-state index in [0.29, 0.717) is 13.1 Å². The molecule has 102 valence electrons. The molecule has 0 spiro atoms. The molecule has 2 rings (SSSR count). The molecule has 0 saturated carbocycles. The first-order valence-electron chi connectivity index (χ1n) is 5.54. The minimum Gasteiger partial charge on any atom is -0.377 e. The fourth-order valence-corrected chi connectivity index (χ4v) is 5.06. The van der Waals surface area contributed by atoms with E-state index < -0.39 is 15.6 Å². The topological polar surface area (TPSA) is 59.5 Å². The molecule has 0 amide bonds. The number of sulfonamides is 1. The lowest BCUT2D eigenvalue weighted by molar-refractivity contribution is -0.0319.